The van der Waals surface area contributed by atoms with Crippen LogP contribution in [-0.2, 0) is 13.6 Å². The molecule has 0 amide bonds. The van der Waals surface area contributed by atoms with E-state index in [1.54, 1.807) is 23.9 Å². The SMILES string of the molecule is CN(C)CCCN(C)Cc1c(-c2ccccc2F)nn(C)c1Cl. The highest BCUT2D eigenvalue weighted by Crippen LogP contribution is 2.30. The lowest BCUT2D eigenvalue weighted by molar-refractivity contribution is 0.295. The second kappa shape index (κ2) is 7.90. The van der Waals surface area contributed by atoms with E-state index in [-0.39, 0.29) is 5.82 Å². The number of aryl methyl sites for hydroxylation is 1. The van der Waals surface area contributed by atoms with E-state index >= 15 is 0 Å². The van der Waals surface area contributed by atoms with E-state index in [9.17, 15) is 4.39 Å². The van der Waals surface area contributed by atoms with Crippen molar-refractivity contribution in [1.29, 1.82) is 0 Å². The van der Waals surface area contributed by atoms with Gasteiger partial charge in [0.05, 0.1) is 0 Å². The summed E-state index contributed by atoms with van der Waals surface area (Å²) in [6, 6.07) is 6.67. The zero-order valence-corrected chi connectivity index (χ0v) is 14.9. The van der Waals surface area contributed by atoms with Crippen LogP contribution in [0.1, 0.15) is 12.0 Å². The van der Waals surface area contributed by atoms with Crippen LogP contribution in [0.15, 0.2) is 24.3 Å². The molecule has 1 aromatic heterocycles. The fraction of sp³-hybridized carbons (Fsp3) is 0.471. The molecule has 0 fully saturated rings. The molecule has 1 aromatic carbocycles. The molecule has 0 spiro atoms. The Bertz CT molecular complexity index is 654. The van der Waals surface area contributed by atoms with Crippen molar-refractivity contribution in [1.82, 2.24) is 19.6 Å². The highest BCUT2D eigenvalue weighted by Gasteiger charge is 2.19. The lowest BCUT2D eigenvalue weighted by Gasteiger charge is -2.18. The third-order valence-electron chi connectivity index (χ3n) is 3.77. The average molecular weight is 339 g/mol. The van der Waals surface area contributed by atoms with Crippen LogP contribution in [0, 0.1) is 5.82 Å². The van der Waals surface area contributed by atoms with E-state index in [1.165, 1.54) is 6.07 Å². The summed E-state index contributed by atoms with van der Waals surface area (Å²) in [5, 5.41) is 4.97. The quantitative estimate of drug-likeness (QED) is 0.774. The van der Waals surface area contributed by atoms with Gasteiger partial charge in [-0.15, -0.1) is 0 Å². The molecule has 0 saturated heterocycles. The summed E-state index contributed by atoms with van der Waals surface area (Å²) in [4.78, 5) is 4.35. The molecule has 23 heavy (non-hydrogen) atoms. The van der Waals surface area contributed by atoms with Crippen molar-refractivity contribution < 1.29 is 4.39 Å². The van der Waals surface area contributed by atoms with Crippen LogP contribution < -0.4 is 0 Å². The second-order valence-electron chi connectivity index (χ2n) is 6.12. The molecule has 1 heterocycles. The third-order valence-corrected chi connectivity index (χ3v) is 4.24. The molecule has 0 atom stereocenters. The van der Waals surface area contributed by atoms with Crippen molar-refractivity contribution in [2.45, 2.75) is 13.0 Å². The summed E-state index contributed by atoms with van der Waals surface area (Å²) >= 11 is 6.39. The molecule has 2 rings (SSSR count). The Balaban J connectivity index is 2.20. The number of hydrogen-bond donors (Lipinski definition) is 0. The summed E-state index contributed by atoms with van der Waals surface area (Å²) in [5.41, 5.74) is 1.98. The van der Waals surface area contributed by atoms with E-state index in [2.05, 4.69) is 29.0 Å². The molecular formula is C17H24ClFN4. The number of rotatable bonds is 7. The van der Waals surface area contributed by atoms with Gasteiger partial charge in [0.15, 0.2) is 0 Å². The second-order valence-corrected chi connectivity index (χ2v) is 6.47. The molecule has 0 bridgehead atoms. The van der Waals surface area contributed by atoms with Crippen LogP contribution in [0.5, 0.6) is 0 Å². The van der Waals surface area contributed by atoms with E-state index in [4.69, 9.17) is 11.6 Å². The first-order chi connectivity index (χ1) is 10.9. The molecule has 0 N–H and O–H groups in total. The molecule has 4 nitrogen and oxygen atoms in total. The van der Waals surface area contributed by atoms with Gasteiger partial charge in [-0.3, -0.25) is 4.68 Å². The fourth-order valence-electron chi connectivity index (χ4n) is 2.56. The molecule has 6 heteroatoms. The Hall–Kier alpha value is -1.43. The van der Waals surface area contributed by atoms with E-state index in [0.29, 0.717) is 23.0 Å². The Kier molecular flexibility index (Phi) is 6.16. The Morgan fingerprint density at radius 1 is 1.17 bits per heavy atom. The summed E-state index contributed by atoms with van der Waals surface area (Å²) < 4.78 is 15.7. The molecular weight excluding hydrogens is 315 g/mol. The molecule has 0 unspecified atom stereocenters. The van der Waals surface area contributed by atoms with E-state index in [0.717, 1.165) is 25.1 Å². The summed E-state index contributed by atoms with van der Waals surface area (Å²) in [5.74, 6) is -0.279. The largest absolute Gasteiger partial charge is 0.309 e. The molecule has 0 radical (unpaired) electrons. The van der Waals surface area contributed by atoms with Gasteiger partial charge < -0.3 is 9.80 Å². The maximum atomic E-state index is 14.1. The van der Waals surface area contributed by atoms with Gasteiger partial charge in [0, 0.05) is 24.7 Å². The average Bonchev–Trinajstić information content (AvgIpc) is 2.75. The smallest absolute Gasteiger partial charge is 0.132 e. The lowest BCUT2D eigenvalue weighted by atomic mass is 10.1. The number of benzene rings is 1. The zero-order chi connectivity index (χ0) is 17.0. The van der Waals surface area contributed by atoms with Crippen LogP contribution in [0.3, 0.4) is 0 Å². The normalized spacial score (nSPS) is 11.7. The summed E-state index contributed by atoms with van der Waals surface area (Å²) in [6.45, 7) is 2.62. The monoisotopic (exact) mass is 338 g/mol. The van der Waals surface area contributed by atoms with Gasteiger partial charge >= 0.3 is 0 Å². The Morgan fingerprint density at radius 2 is 1.87 bits per heavy atom. The van der Waals surface area contributed by atoms with Crippen LogP contribution in [0.2, 0.25) is 5.15 Å². The molecule has 126 valence electrons. The van der Waals surface area contributed by atoms with Crippen LogP contribution in [-0.4, -0.2) is 53.8 Å². The maximum Gasteiger partial charge on any atom is 0.132 e. The van der Waals surface area contributed by atoms with Crippen molar-refractivity contribution >= 4 is 11.6 Å². The number of nitrogens with zero attached hydrogens (tertiary/aromatic N) is 4. The third kappa shape index (κ3) is 4.53. The van der Waals surface area contributed by atoms with Gasteiger partial charge in [-0.05, 0) is 52.8 Å². The Labute approximate surface area is 142 Å². The number of hydrogen-bond acceptors (Lipinski definition) is 3. The molecule has 0 aliphatic carbocycles. The fourth-order valence-corrected chi connectivity index (χ4v) is 2.75. The van der Waals surface area contributed by atoms with Gasteiger partial charge in [-0.1, -0.05) is 23.7 Å². The first-order valence-corrected chi connectivity index (χ1v) is 8.07. The molecule has 0 aliphatic heterocycles. The van der Waals surface area contributed by atoms with Crippen molar-refractivity contribution in [3.63, 3.8) is 0 Å². The van der Waals surface area contributed by atoms with Gasteiger partial charge in [-0.25, -0.2) is 4.39 Å². The highest BCUT2D eigenvalue weighted by molar-refractivity contribution is 6.30. The van der Waals surface area contributed by atoms with Gasteiger partial charge in [-0.2, -0.15) is 5.10 Å². The van der Waals surface area contributed by atoms with Gasteiger partial charge in [0.25, 0.3) is 0 Å². The van der Waals surface area contributed by atoms with Crippen LogP contribution in [0.4, 0.5) is 4.39 Å². The van der Waals surface area contributed by atoms with E-state index < -0.39 is 0 Å². The summed E-state index contributed by atoms with van der Waals surface area (Å²) in [7, 11) is 7.95. The number of aromatic nitrogens is 2. The first-order valence-electron chi connectivity index (χ1n) is 7.69. The van der Waals surface area contributed by atoms with E-state index in [1.807, 2.05) is 13.1 Å². The van der Waals surface area contributed by atoms with Gasteiger partial charge in [0.1, 0.15) is 16.7 Å². The van der Waals surface area contributed by atoms with Crippen molar-refractivity contribution in [2.24, 2.45) is 7.05 Å². The minimum absolute atomic E-state index is 0.279. The van der Waals surface area contributed by atoms with Gasteiger partial charge in [0.2, 0.25) is 0 Å². The predicted octanol–water partition coefficient (Wildman–Crippen LogP) is 3.26. The maximum absolute atomic E-state index is 14.1. The first kappa shape index (κ1) is 17.9. The number of halogens is 2. The molecule has 2 aromatic rings. The van der Waals surface area contributed by atoms with Crippen LogP contribution >= 0.6 is 11.6 Å². The minimum atomic E-state index is -0.279. The van der Waals surface area contributed by atoms with Crippen molar-refractivity contribution in [2.75, 3.05) is 34.2 Å². The van der Waals surface area contributed by atoms with Crippen LogP contribution in [0.25, 0.3) is 11.3 Å². The summed E-state index contributed by atoms with van der Waals surface area (Å²) in [6.07, 6.45) is 1.07. The molecule has 0 aliphatic rings. The predicted molar refractivity (Wildman–Crippen MR) is 93.1 cm³/mol. The minimum Gasteiger partial charge on any atom is -0.309 e. The lowest BCUT2D eigenvalue weighted by Crippen LogP contribution is -2.23. The standard InChI is InChI=1S/C17H24ClFN4/c1-21(2)10-7-11-22(3)12-14-16(20-23(4)17(14)18)13-8-5-6-9-15(13)19/h5-6,8-9H,7,10-12H2,1-4H3. The van der Waals surface area contributed by atoms with Crippen molar-refractivity contribution in [3.05, 3.63) is 40.8 Å². The van der Waals surface area contributed by atoms with Crippen molar-refractivity contribution in [3.8, 4) is 11.3 Å². The highest BCUT2D eigenvalue weighted by atomic mass is 35.5. The Morgan fingerprint density at radius 3 is 2.52 bits per heavy atom. The topological polar surface area (TPSA) is 24.3 Å². The molecule has 0 saturated carbocycles. The zero-order valence-electron chi connectivity index (χ0n) is 14.2.